The van der Waals surface area contributed by atoms with Gasteiger partial charge in [0.15, 0.2) is 0 Å². The number of nitriles is 1. The monoisotopic (exact) mass is 333 g/mol. The average Bonchev–Trinajstić information content (AvgIpc) is 2.41. The summed E-state index contributed by atoms with van der Waals surface area (Å²) >= 11 is 0. The summed E-state index contributed by atoms with van der Waals surface area (Å²) < 4.78 is 10.5. The first-order valence-corrected chi connectivity index (χ1v) is 7.44. The van der Waals surface area contributed by atoms with Gasteiger partial charge < -0.3 is 9.47 Å². The van der Waals surface area contributed by atoms with Crippen LogP contribution in [-0.4, -0.2) is 23.4 Å². The summed E-state index contributed by atoms with van der Waals surface area (Å²) in [6, 6.07) is 8.20. The second-order valence-electron chi connectivity index (χ2n) is 7.09. The van der Waals surface area contributed by atoms with Crippen LogP contribution in [0.15, 0.2) is 24.3 Å². The first kappa shape index (κ1) is 19.3. The standard InChI is InChI=1S/C17H23N3O4/c1-16(2,3)23-14(21)19-20(15(22)24-17(4,5)6)13-9-7-8-12(10-13)11-18/h7-10H,1-6H3,(H,19,21). The minimum Gasteiger partial charge on any atom is -0.443 e. The Labute approximate surface area is 142 Å². The fraction of sp³-hybridized carbons (Fsp3) is 0.471. The van der Waals surface area contributed by atoms with Crippen molar-refractivity contribution in [3.8, 4) is 6.07 Å². The predicted octanol–water partition coefficient (Wildman–Crippen LogP) is 3.74. The summed E-state index contributed by atoms with van der Waals surface area (Å²) in [5, 5.41) is 9.92. The van der Waals surface area contributed by atoms with Gasteiger partial charge in [0.25, 0.3) is 0 Å². The van der Waals surface area contributed by atoms with E-state index >= 15 is 0 Å². The van der Waals surface area contributed by atoms with Gasteiger partial charge in [-0.25, -0.2) is 15.0 Å². The van der Waals surface area contributed by atoms with Crippen molar-refractivity contribution < 1.29 is 19.1 Å². The summed E-state index contributed by atoms with van der Waals surface area (Å²) in [5.74, 6) is 0. The number of nitrogens with zero attached hydrogens (tertiary/aromatic N) is 2. The Morgan fingerprint density at radius 1 is 1.08 bits per heavy atom. The molecule has 0 aliphatic heterocycles. The lowest BCUT2D eigenvalue weighted by Gasteiger charge is -2.28. The smallest absolute Gasteiger partial charge is 0.434 e. The third-order valence-corrected chi connectivity index (χ3v) is 2.41. The minimum atomic E-state index is -0.810. The van der Waals surface area contributed by atoms with Gasteiger partial charge in [-0.1, -0.05) is 6.07 Å². The molecule has 0 aromatic heterocycles. The van der Waals surface area contributed by atoms with Gasteiger partial charge in [0.1, 0.15) is 11.2 Å². The van der Waals surface area contributed by atoms with E-state index in [0.717, 1.165) is 5.01 Å². The number of rotatable bonds is 1. The molecule has 2 amide bonds. The number of anilines is 1. The van der Waals surface area contributed by atoms with Crippen LogP contribution < -0.4 is 10.4 Å². The van der Waals surface area contributed by atoms with Crippen LogP contribution in [0.4, 0.5) is 15.3 Å². The normalized spacial score (nSPS) is 11.2. The van der Waals surface area contributed by atoms with E-state index in [9.17, 15) is 9.59 Å². The number of benzene rings is 1. The van der Waals surface area contributed by atoms with E-state index in [1.807, 2.05) is 6.07 Å². The van der Waals surface area contributed by atoms with E-state index in [-0.39, 0.29) is 5.69 Å². The molecule has 0 fully saturated rings. The number of carbonyl (C=O) groups excluding carboxylic acids is 2. The van der Waals surface area contributed by atoms with Crippen molar-refractivity contribution in [2.24, 2.45) is 0 Å². The number of ether oxygens (including phenoxy) is 2. The number of nitrogens with one attached hydrogen (secondary N) is 1. The predicted molar refractivity (Wildman–Crippen MR) is 89.2 cm³/mol. The van der Waals surface area contributed by atoms with Gasteiger partial charge >= 0.3 is 12.2 Å². The van der Waals surface area contributed by atoms with E-state index in [1.54, 1.807) is 59.7 Å². The topological polar surface area (TPSA) is 91.7 Å². The Bertz CT molecular complexity index is 651. The molecule has 1 aromatic carbocycles. The van der Waals surface area contributed by atoms with Crippen LogP contribution in [-0.2, 0) is 9.47 Å². The first-order chi connectivity index (χ1) is 10.9. The van der Waals surface area contributed by atoms with Crippen molar-refractivity contribution in [2.75, 3.05) is 5.01 Å². The van der Waals surface area contributed by atoms with E-state index in [1.165, 1.54) is 6.07 Å². The summed E-state index contributed by atoms with van der Waals surface area (Å²) in [6.07, 6.45) is -1.60. The second kappa shape index (κ2) is 7.21. The van der Waals surface area contributed by atoms with E-state index in [2.05, 4.69) is 5.43 Å². The molecule has 0 aliphatic carbocycles. The van der Waals surface area contributed by atoms with Crippen molar-refractivity contribution in [3.05, 3.63) is 29.8 Å². The molecule has 0 heterocycles. The molecule has 0 unspecified atom stereocenters. The molecule has 0 saturated carbocycles. The summed E-state index contributed by atoms with van der Waals surface area (Å²) in [5.41, 5.74) is 1.50. The van der Waals surface area contributed by atoms with Crippen LogP contribution in [0.3, 0.4) is 0 Å². The molecule has 7 heteroatoms. The molecule has 0 radical (unpaired) electrons. The van der Waals surface area contributed by atoms with Gasteiger partial charge in [0.05, 0.1) is 17.3 Å². The largest absolute Gasteiger partial charge is 0.443 e. The highest BCUT2D eigenvalue weighted by Crippen LogP contribution is 2.18. The average molecular weight is 333 g/mol. The quantitative estimate of drug-likeness (QED) is 0.790. The Hall–Kier alpha value is -2.75. The molecular formula is C17H23N3O4. The van der Waals surface area contributed by atoms with Gasteiger partial charge in [0, 0.05) is 0 Å². The number of amides is 2. The van der Waals surface area contributed by atoms with E-state index in [0.29, 0.717) is 5.56 Å². The van der Waals surface area contributed by atoms with Crippen molar-refractivity contribution >= 4 is 17.9 Å². The van der Waals surface area contributed by atoms with Crippen LogP contribution in [0.2, 0.25) is 0 Å². The molecule has 0 bridgehead atoms. The molecule has 24 heavy (non-hydrogen) atoms. The van der Waals surface area contributed by atoms with Crippen molar-refractivity contribution in [3.63, 3.8) is 0 Å². The molecule has 1 aromatic rings. The lowest BCUT2D eigenvalue weighted by Crippen LogP contribution is -2.50. The molecule has 1 N–H and O–H groups in total. The van der Waals surface area contributed by atoms with Crippen LogP contribution in [0.5, 0.6) is 0 Å². The maximum absolute atomic E-state index is 12.4. The molecule has 0 atom stereocenters. The highest BCUT2D eigenvalue weighted by Gasteiger charge is 2.27. The summed E-state index contributed by atoms with van der Waals surface area (Å²) in [4.78, 5) is 24.4. The Balaban J connectivity index is 3.09. The molecule has 0 aliphatic rings. The summed E-state index contributed by atoms with van der Waals surface area (Å²) in [7, 11) is 0. The SMILES string of the molecule is CC(C)(C)OC(=O)NN(C(=O)OC(C)(C)C)c1cccc(C#N)c1. The van der Waals surface area contributed by atoms with E-state index < -0.39 is 23.4 Å². The number of hydrogen-bond acceptors (Lipinski definition) is 5. The van der Waals surface area contributed by atoms with Crippen LogP contribution in [0, 0.1) is 11.3 Å². The Kier molecular flexibility index (Phi) is 5.80. The second-order valence-corrected chi connectivity index (χ2v) is 7.09. The fourth-order valence-electron chi connectivity index (χ4n) is 1.63. The van der Waals surface area contributed by atoms with Gasteiger partial charge in [-0.15, -0.1) is 0 Å². The number of carbonyl (C=O) groups is 2. The maximum atomic E-state index is 12.4. The van der Waals surface area contributed by atoms with Crippen LogP contribution >= 0.6 is 0 Å². The van der Waals surface area contributed by atoms with Crippen LogP contribution in [0.25, 0.3) is 0 Å². The minimum absolute atomic E-state index is 0.286. The van der Waals surface area contributed by atoms with Gasteiger partial charge in [-0.05, 0) is 59.7 Å². The number of hydrogen-bond donors (Lipinski definition) is 1. The molecule has 1 rings (SSSR count). The van der Waals surface area contributed by atoms with Gasteiger partial charge in [-0.3, -0.25) is 0 Å². The van der Waals surface area contributed by atoms with E-state index in [4.69, 9.17) is 14.7 Å². The third kappa shape index (κ3) is 6.57. The maximum Gasteiger partial charge on any atom is 0.434 e. The summed E-state index contributed by atoms with van der Waals surface area (Å²) in [6.45, 7) is 10.3. The third-order valence-electron chi connectivity index (χ3n) is 2.41. The molecule has 130 valence electrons. The molecular weight excluding hydrogens is 310 g/mol. The van der Waals surface area contributed by atoms with Crippen molar-refractivity contribution in [1.29, 1.82) is 5.26 Å². The molecule has 0 spiro atoms. The van der Waals surface area contributed by atoms with Crippen LogP contribution in [0.1, 0.15) is 47.1 Å². The zero-order chi connectivity index (χ0) is 18.5. The highest BCUT2D eigenvalue weighted by molar-refractivity contribution is 5.91. The Morgan fingerprint density at radius 3 is 2.17 bits per heavy atom. The Morgan fingerprint density at radius 2 is 1.67 bits per heavy atom. The molecule has 7 nitrogen and oxygen atoms in total. The van der Waals surface area contributed by atoms with Gasteiger partial charge in [0.2, 0.25) is 0 Å². The lowest BCUT2D eigenvalue weighted by atomic mass is 10.2. The zero-order valence-corrected chi connectivity index (χ0v) is 14.8. The lowest BCUT2D eigenvalue weighted by molar-refractivity contribution is 0.0425. The van der Waals surface area contributed by atoms with Gasteiger partial charge in [-0.2, -0.15) is 10.3 Å². The molecule has 0 saturated heterocycles. The highest BCUT2D eigenvalue weighted by atomic mass is 16.6. The first-order valence-electron chi connectivity index (χ1n) is 7.44. The van der Waals surface area contributed by atoms with Crippen molar-refractivity contribution in [1.82, 2.24) is 5.43 Å². The number of hydrazine groups is 1. The zero-order valence-electron chi connectivity index (χ0n) is 14.8. The fourth-order valence-corrected chi connectivity index (χ4v) is 1.63. The van der Waals surface area contributed by atoms with Crippen molar-refractivity contribution in [2.45, 2.75) is 52.7 Å².